The molecule has 0 spiro atoms. The smallest absolute Gasteiger partial charge is 0.321 e. The lowest BCUT2D eigenvalue weighted by atomic mass is 10.3. The van der Waals surface area contributed by atoms with Gasteiger partial charge in [0.2, 0.25) is 6.41 Å². The van der Waals surface area contributed by atoms with E-state index in [4.69, 9.17) is 0 Å². The lowest BCUT2D eigenvalue weighted by Crippen LogP contribution is -2.49. The first-order valence-corrected chi connectivity index (χ1v) is 5.70. The summed E-state index contributed by atoms with van der Waals surface area (Å²) in [5.74, 6) is -0.340. The molecule has 1 fully saturated rings. The number of benzene rings is 1. The van der Waals surface area contributed by atoms with Crippen molar-refractivity contribution in [2.24, 2.45) is 0 Å². The first kappa shape index (κ1) is 12.3. The van der Waals surface area contributed by atoms with E-state index in [1.54, 1.807) is 9.80 Å². The molecule has 1 N–H and O–H groups in total. The molecule has 0 bridgehead atoms. The summed E-state index contributed by atoms with van der Waals surface area (Å²) in [6.45, 7) is 2.10. The number of carbonyl (C=O) groups excluding carboxylic acids is 2. The Morgan fingerprint density at radius 3 is 2.33 bits per heavy atom. The van der Waals surface area contributed by atoms with Crippen LogP contribution in [0.1, 0.15) is 0 Å². The summed E-state index contributed by atoms with van der Waals surface area (Å²) in [5.41, 5.74) is 0.555. The number of piperazine rings is 1. The van der Waals surface area contributed by atoms with Gasteiger partial charge in [-0.15, -0.1) is 0 Å². The Morgan fingerprint density at radius 2 is 1.78 bits per heavy atom. The molecule has 2 rings (SSSR count). The highest BCUT2D eigenvalue weighted by molar-refractivity contribution is 5.89. The molecule has 1 aliphatic heterocycles. The maximum absolute atomic E-state index is 12.7. The number of nitrogens with zero attached hydrogens (tertiary/aromatic N) is 2. The van der Waals surface area contributed by atoms with Crippen molar-refractivity contribution in [3.8, 4) is 0 Å². The zero-order chi connectivity index (χ0) is 13.0. The summed E-state index contributed by atoms with van der Waals surface area (Å²) in [6.07, 6.45) is 0.787. The van der Waals surface area contributed by atoms with Crippen LogP contribution in [0, 0.1) is 5.82 Å². The molecular weight excluding hydrogens is 237 g/mol. The number of urea groups is 1. The molecule has 6 heteroatoms. The molecule has 1 aliphatic rings. The van der Waals surface area contributed by atoms with Crippen LogP contribution in [0.3, 0.4) is 0 Å². The average molecular weight is 251 g/mol. The van der Waals surface area contributed by atoms with Crippen molar-refractivity contribution in [1.82, 2.24) is 9.80 Å². The topological polar surface area (TPSA) is 52.7 Å². The third kappa shape index (κ3) is 2.97. The van der Waals surface area contributed by atoms with Gasteiger partial charge in [-0.1, -0.05) is 0 Å². The van der Waals surface area contributed by atoms with Crippen LogP contribution in [0.5, 0.6) is 0 Å². The molecule has 3 amide bonds. The molecule has 1 heterocycles. The van der Waals surface area contributed by atoms with Crippen molar-refractivity contribution in [1.29, 1.82) is 0 Å². The van der Waals surface area contributed by atoms with E-state index in [9.17, 15) is 14.0 Å². The summed E-state index contributed by atoms with van der Waals surface area (Å²) in [7, 11) is 0. The molecule has 5 nitrogen and oxygen atoms in total. The van der Waals surface area contributed by atoms with Gasteiger partial charge in [0.05, 0.1) is 0 Å². The highest BCUT2D eigenvalue weighted by atomic mass is 19.1. The van der Waals surface area contributed by atoms with Crippen molar-refractivity contribution < 1.29 is 14.0 Å². The van der Waals surface area contributed by atoms with Crippen LogP contribution < -0.4 is 5.32 Å². The van der Waals surface area contributed by atoms with Crippen molar-refractivity contribution in [2.75, 3.05) is 31.5 Å². The molecule has 0 saturated carbocycles. The van der Waals surface area contributed by atoms with Gasteiger partial charge in [-0.05, 0) is 24.3 Å². The van der Waals surface area contributed by atoms with Crippen LogP contribution in [-0.2, 0) is 4.79 Å². The van der Waals surface area contributed by atoms with Crippen molar-refractivity contribution >= 4 is 18.1 Å². The van der Waals surface area contributed by atoms with Crippen LogP contribution in [0.25, 0.3) is 0 Å². The molecule has 0 radical (unpaired) electrons. The third-order valence-corrected chi connectivity index (χ3v) is 2.85. The molecule has 96 valence electrons. The van der Waals surface area contributed by atoms with Crippen molar-refractivity contribution in [2.45, 2.75) is 0 Å². The Bertz CT molecular complexity index is 427. The molecule has 18 heavy (non-hydrogen) atoms. The standard InChI is InChI=1S/C12H14FN3O2/c13-10-1-3-11(4-2-10)14-12(18)16-7-5-15(9-17)6-8-16/h1-4,9H,5-8H2,(H,14,18). The van der Waals surface area contributed by atoms with Gasteiger partial charge < -0.3 is 15.1 Å². The first-order valence-electron chi connectivity index (χ1n) is 5.70. The van der Waals surface area contributed by atoms with E-state index in [2.05, 4.69) is 5.32 Å². The number of carbonyl (C=O) groups is 2. The summed E-state index contributed by atoms with van der Waals surface area (Å²) in [6, 6.07) is 5.37. The second kappa shape index (κ2) is 5.48. The summed E-state index contributed by atoms with van der Waals surface area (Å²) in [5, 5.41) is 2.69. The summed E-state index contributed by atoms with van der Waals surface area (Å²) >= 11 is 0. The SMILES string of the molecule is O=CN1CCN(C(=O)Nc2ccc(F)cc2)CC1. The fourth-order valence-corrected chi connectivity index (χ4v) is 1.77. The number of hydrogen-bond donors (Lipinski definition) is 1. The Balaban J connectivity index is 1.88. The predicted octanol–water partition coefficient (Wildman–Crippen LogP) is 1.13. The number of anilines is 1. The minimum Gasteiger partial charge on any atom is -0.342 e. The Kier molecular flexibility index (Phi) is 3.76. The van der Waals surface area contributed by atoms with Crippen LogP contribution in [0.4, 0.5) is 14.9 Å². The molecular formula is C12H14FN3O2. The Morgan fingerprint density at radius 1 is 1.17 bits per heavy atom. The fourth-order valence-electron chi connectivity index (χ4n) is 1.77. The van der Waals surface area contributed by atoms with E-state index in [0.29, 0.717) is 31.9 Å². The van der Waals surface area contributed by atoms with Crippen LogP contribution in [-0.4, -0.2) is 48.4 Å². The molecule has 0 aromatic heterocycles. The third-order valence-electron chi connectivity index (χ3n) is 2.85. The van der Waals surface area contributed by atoms with E-state index in [0.717, 1.165) is 6.41 Å². The minimum absolute atomic E-state index is 0.229. The van der Waals surface area contributed by atoms with E-state index in [1.807, 2.05) is 0 Å². The second-order valence-corrected chi connectivity index (χ2v) is 4.07. The van der Waals surface area contributed by atoms with E-state index in [1.165, 1.54) is 24.3 Å². The number of amides is 3. The number of nitrogens with one attached hydrogen (secondary N) is 1. The lowest BCUT2D eigenvalue weighted by molar-refractivity contribution is -0.119. The average Bonchev–Trinajstić information content (AvgIpc) is 2.41. The monoisotopic (exact) mass is 251 g/mol. The van der Waals surface area contributed by atoms with Crippen molar-refractivity contribution in [3.63, 3.8) is 0 Å². The molecule has 0 aliphatic carbocycles. The quantitative estimate of drug-likeness (QED) is 0.801. The first-order chi connectivity index (χ1) is 8.69. The molecule has 1 aromatic rings. The Labute approximate surface area is 104 Å². The maximum Gasteiger partial charge on any atom is 0.321 e. The molecule has 1 saturated heterocycles. The van der Waals surface area contributed by atoms with Crippen LogP contribution in [0.2, 0.25) is 0 Å². The maximum atomic E-state index is 12.7. The van der Waals surface area contributed by atoms with Gasteiger partial charge in [-0.3, -0.25) is 4.79 Å². The Hall–Kier alpha value is -2.11. The molecule has 0 unspecified atom stereocenters. The van der Waals surface area contributed by atoms with Gasteiger partial charge in [0.25, 0.3) is 0 Å². The van der Waals surface area contributed by atoms with Gasteiger partial charge in [-0.25, -0.2) is 9.18 Å². The van der Waals surface area contributed by atoms with Gasteiger partial charge in [0, 0.05) is 31.9 Å². The highest BCUT2D eigenvalue weighted by Gasteiger charge is 2.19. The van der Waals surface area contributed by atoms with Crippen molar-refractivity contribution in [3.05, 3.63) is 30.1 Å². The zero-order valence-corrected chi connectivity index (χ0v) is 9.80. The number of hydrogen-bond acceptors (Lipinski definition) is 2. The predicted molar refractivity (Wildman–Crippen MR) is 64.6 cm³/mol. The van der Waals surface area contributed by atoms with Crippen LogP contribution in [0.15, 0.2) is 24.3 Å². The number of halogens is 1. The van der Waals surface area contributed by atoms with Gasteiger partial charge >= 0.3 is 6.03 Å². The molecule has 0 atom stereocenters. The minimum atomic E-state index is -0.340. The molecule has 1 aromatic carbocycles. The van der Waals surface area contributed by atoms with Gasteiger partial charge in [0.15, 0.2) is 0 Å². The largest absolute Gasteiger partial charge is 0.342 e. The van der Waals surface area contributed by atoms with Gasteiger partial charge in [-0.2, -0.15) is 0 Å². The lowest BCUT2D eigenvalue weighted by Gasteiger charge is -2.32. The van der Waals surface area contributed by atoms with Crippen LogP contribution >= 0.6 is 0 Å². The highest BCUT2D eigenvalue weighted by Crippen LogP contribution is 2.10. The van der Waals surface area contributed by atoms with E-state index in [-0.39, 0.29) is 11.8 Å². The normalized spacial score (nSPS) is 15.4. The van der Waals surface area contributed by atoms with E-state index < -0.39 is 0 Å². The van der Waals surface area contributed by atoms with E-state index >= 15 is 0 Å². The zero-order valence-electron chi connectivity index (χ0n) is 9.80. The van der Waals surface area contributed by atoms with Gasteiger partial charge in [0.1, 0.15) is 5.82 Å². The second-order valence-electron chi connectivity index (χ2n) is 4.07. The fraction of sp³-hybridized carbons (Fsp3) is 0.333. The number of rotatable bonds is 2. The summed E-state index contributed by atoms with van der Waals surface area (Å²) in [4.78, 5) is 25.6. The summed E-state index contributed by atoms with van der Waals surface area (Å²) < 4.78 is 12.7.